The highest BCUT2D eigenvalue weighted by molar-refractivity contribution is 9.10. The molecule has 2 nitrogen and oxygen atoms in total. The average Bonchev–Trinajstić information content (AvgIpc) is 2.42. The van der Waals surface area contributed by atoms with Crippen molar-refractivity contribution < 1.29 is 0 Å². The van der Waals surface area contributed by atoms with E-state index in [1.54, 1.807) is 0 Å². The van der Waals surface area contributed by atoms with Gasteiger partial charge in [0, 0.05) is 16.2 Å². The normalized spacial score (nSPS) is 21.0. The van der Waals surface area contributed by atoms with Gasteiger partial charge in [0.25, 0.3) is 0 Å². The topological polar surface area (TPSA) is 52.0 Å². The first-order chi connectivity index (χ1) is 5.70. The molecule has 0 radical (unpaired) electrons. The summed E-state index contributed by atoms with van der Waals surface area (Å²) in [6.07, 6.45) is 2.03. The highest BCUT2D eigenvalue weighted by atomic mass is 79.9. The molecular weight excluding hydrogens is 216 g/mol. The first kappa shape index (κ1) is 8.08. The number of rotatable bonds is 0. The van der Waals surface area contributed by atoms with Crippen molar-refractivity contribution in [3.8, 4) is 0 Å². The van der Waals surface area contributed by atoms with Crippen molar-refractivity contribution in [2.75, 3.05) is 5.73 Å². The molecule has 0 amide bonds. The second kappa shape index (κ2) is 2.75. The van der Waals surface area contributed by atoms with Gasteiger partial charge < -0.3 is 11.5 Å². The number of nitrogens with two attached hydrogens (primary N) is 2. The van der Waals surface area contributed by atoms with Crippen LogP contribution in [0.3, 0.4) is 0 Å². The van der Waals surface area contributed by atoms with Gasteiger partial charge >= 0.3 is 0 Å². The van der Waals surface area contributed by atoms with Gasteiger partial charge in [-0.05, 0) is 36.1 Å². The zero-order valence-electron chi connectivity index (χ0n) is 6.68. The van der Waals surface area contributed by atoms with E-state index in [9.17, 15) is 0 Å². The SMILES string of the molecule is Nc1ccc(Br)c2c1CC[C@H]2N. The molecule has 12 heavy (non-hydrogen) atoms. The molecule has 1 aromatic carbocycles. The summed E-state index contributed by atoms with van der Waals surface area (Å²) in [5.41, 5.74) is 15.1. The standard InChI is InChI=1S/C9H11BrN2/c10-6-2-4-7(11)5-1-3-8(12)9(5)6/h2,4,8H,1,3,11-12H2/t8-/m1/s1. The second-order valence-electron chi connectivity index (χ2n) is 3.17. The van der Waals surface area contributed by atoms with E-state index in [1.807, 2.05) is 12.1 Å². The summed E-state index contributed by atoms with van der Waals surface area (Å²) in [5, 5.41) is 0. The van der Waals surface area contributed by atoms with Crippen molar-refractivity contribution in [2.24, 2.45) is 5.73 Å². The van der Waals surface area contributed by atoms with Gasteiger partial charge in [-0.2, -0.15) is 0 Å². The Balaban J connectivity index is 2.64. The molecule has 0 bridgehead atoms. The minimum absolute atomic E-state index is 0.165. The monoisotopic (exact) mass is 226 g/mol. The molecule has 1 atom stereocenters. The van der Waals surface area contributed by atoms with Crippen LogP contribution in [0.5, 0.6) is 0 Å². The average molecular weight is 227 g/mol. The summed E-state index contributed by atoms with van der Waals surface area (Å²) in [7, 11) is 0. The zero-order chi connectivity index (χ0) is 8.72. The summed E-state index contributed by atoms with van der Waals surface area (Å²) in [4.78, 5) is 0. The summed E-state index contributed by atoms with van der Waals surface area (Å²) < 4.78 is 1.09. The quantitative estimate of drug-likeness (QED) is 0.666. The maximum atomic E-state index is 5.93. The minimum Gasteiger partial charge on any atom is -0.398 e. The van der Waals surface area contributed by atoms with Crippen LogP contribution < -0.4 is 11.5 Å². The Morgan fingerprint density at radius 2 is 2.17 bits per heavy atom. The molecule has 0 spiro atoms. The van der Waals surface area contributed by atoms with Gasteiger partial charge in [-0.15, -0.1) is 0 Å². The Bertz CT molecular complexity index is 323. The summed E-state index contributed by atoms with van der Waals surface area (Å²) in [6, 6.07) is 4.07. The van der Waals surface area contributed by atoms with Gasteiger partial charge in [0.1, 0.15) is 0 Å². The molecule has 0 heterocycles. The molecule has 1 aliphatic rings. The number of fused-ring (bicyclic) bond motifs is 1. The van der Waals surface area contributed by atoms with E-state index in [-0.39, 0.29) is 6.04 Å². The highest BCUT2D eigenvalue weighted by Gasteiger charge is 2.23. The summed E-state index contributed by atoms with van der Waals surface area (Å²) in [6.45, 7) is 0. The molecule has 1 aliphatic carbocycles. The van der Waals surface area contributed by atoms with Gasteiger partial charge in [-0.25, -0.2) is 0 Å². The molecule has 1 aromatic rings. The van der Waals surface area contributed by atoms with E-state index in [0.717, 1.165) is 23.0 Å². The van der Waals surface area contributed by atoms with Crippen LogP contribution in [0, 0.1) is 0 Å². The van der Waals surface area contributed by atoms with Gasteiger partial charge in [0.15, 0.2) is 0 Å². The van der Waals surface area contributed by atoms with E-state index in [1.165, 1.54) is 11.1 Å². The van der Waals surface area contributed by atoms with Crippen LogP contribution >= 0.6 is 15.9 Å². The van der Waals surface area contributed by atoms with Crippen LogP contribution in [-0.2, 0) is 6.42 Å². The lowest BCUT2D eigenvalue weighted by Crippen LogP contribution is -2.06. The van der Waals surface area contributed by atoms with Crippen molar-refractivity contribution >= 4 is 21.6 Å². The van der Waals surface area contributed by atoms with Gasteiger partial charge in [0.2, 0.25) is 0 Å². The molecule has 0 aliphatic heterocycles. The Kier molecular flexibility index (Phi) is 1.85. The van der Waals surface area contributed by atoms with Crippen molar-refractivity contribution in [1.82, 2.24) is 0 Å². The molecule has 64 valence electrons. The van der Waals surface area contributed by atoms with E-state index < -0.39 is 0 Å². The number of nitrogen functional groups attached to an aromatic ring is 1. The zero-order valence-corrected chi connectivity index (χ0v) is 8.26. The fraction of sp³-hybridized carbons (Fsp3) is 0.333. The second-order valence-corrected chi connectivity index (χ2v) is 4.03. The first-order valence-electron chi connectivity index (χ1n) is 4.02. The van der Waals surface area contributed by atoms with Gasteiger partial charge in [-0.1, -0.05) is 15.9 Å². The molecular formula is C9H11BrN2. The smallest absolute Gasteiger partial charge is 0.0350 e. The molecule has 4 N–H and O–H groups in total. The maximum absolute atomic E-state index is 5.93. The van der Waals surface area contributed by atoms with Crippen LogP contribution in [0.4, 0.5) is 5.69 Å². The lowest BCUT2D eigenvalue weighted by Gasteiger charge is -2.08. The fourth-order valence-electron chi connectivity index (χ4n) is 1.78. The molecule has 0 saturated heterocycles. The third-order valence-corrected chi connectivity index (χ3v) is 3.11. The summed E-state index contributed by atoms with van der Waals surface area (Å²) in [5.74, 6) is 0. The fourth-order valence-corrected chi connectivity index (χ4v) is 2.44. The Morgan fingerprint density at radius 1 is 1.42 bits per heavy atom. The Labute approximate surface area is 80.1 Å². The number of halogens is 1. The van der Waals surface area contributed by atoms with Crippen LogP contribution in [0.1, 0.15) is 23.6 Å². The number of anilines is 1. The van der Waals surface area contributed by atoms with E-state index in [0.29, 0.717) is 0 Å². The highest BCUT2D eigenvalue weighted by Crippen LogP contribution is 2.37. The van der Waals surface area contributed by atoms with Crippen LogP contribution in [0.2, 0.25) is 0 Å². The van der Waals surface area contributed by atoms with E-state index in [4.69, 9.17) is 11.5 Å². The lowest BCUT2D eigenvalue weighted by molar-refractivity contribution is 0.711. The molecule has 3 heteroatoms. The van der Waals surface area contributed by atoms with Crippen molar-refractivity contribution in [3.63, 3.8) is 0 Å². The van der Waals surface area contributed by atoms with Crippen molar-refractivity contribution in [2.45, 2.75) is 18.9 Å². The maximum Gasteiger partial charge on any atom is 0.0350 e. The molecule has 0 fully saturated rings. The predicted molar refractivity (Wildman–Crippen MR) is 53.8 cm³/mol. The third kappa shape index (κ3) is 1.04. The summed E-state index contributed by atoms with van der Waals surface area (Å²) >= 11 is 3.49. The number of benzene rings is 1. The van der Waals surface area contributed by atoms with Crippen molar-refractivity contribution in [1.29, 1.82) is 0 Å². The predicted octanol–water partition coefficient (Wildman–Crippen LogP) is 1.98. The van der Waals surface area contributed by atoms with E-state index >= 15 is 0 Å². The number of hydrogen-bond donors (Lipinski definition) is 2. The lowest BCUT2D eigenvalue weighted by atomic mass is 10.1. The largest absolute Gasteiger partial charge is 0.398 e. The van der Waals surface area contributed by atoms with Crippen LogP contribution in [-0.4, -0.2) is 0 Å². The first-order valence-corrected chi connectivity index (χ1v) is 4.82. The van der Waals surface area contributed by atoms with E-state index in [2.05, 4.69) is 15.9 Å². The third-order valence-electron chi connectivity index (χ3n) is 2.42. The van der Waals surface area contributed by atoms with Gasteiger partial charge in [-0.3, -0.25) is 0 Å². The number of hydrogen-bond acceptors (Lipinski definition) is 2. The minimum atomic E-state index is 0.165. The molecule has 0 aromatic heterocycles. The van der Waals surface area contributed by atoms with Crippen LogP contribution in [0.25, 0.3) is 0 Å². The van der Waals surface area contributed by atoms with Crippen molar-refractivity contribution in [3.05, 3.63) is 27.7 Å². The molecule has 2 rings (SSSR count). The Morgan fingerprint density at radius 3 is 2.83 bits per heavy atom. The molecule has 0 unspecified atom stereocenters. The van der Waals surface area contributed by atoms with Gasteiger partial charge in [0.05, 0.1) is 0 Å². The van der Waals surface area contributed by atoms with Crippen LogP contribution in [0.15, 0.2) is 16.6 Å². The molecule has 0 saturated carbocycles. The Hall–Kier alpha value is -0.540.